The minimum Gasteiger partial charge on any atom is -0.335 e. The molecule has 1 saturated heterocycles. The summed E-state index contributed by atoms with van der Waals surface area (Å²) >= 11 is 0. The molecule has 1 aliphatic rings. The lowest BCUT2D eigenvalue weighted by atomic mass is 9.99. The summed E-state index contributed by atoms with van der Waals surface area (Å²) in [7, 11) is 0. The number of nitrogens with zero attached hydrogens (tertiary/aromatic N) is 1. The molecule has 2 atom stereocenters. The maximum atomic E-state index is 13.0. The number of halogens is 1. The first-order valence-corrected chi connectivity index (χ1v) is 7.42. The molecule has 2 rings (SSSR count). The van der Waals surface area contributed by atoms with Crippen molar-refractivity contribution in [3.8, 4) is 0 Å². The van der Waals surface area contributed by atoms with E-state index in [4.69, 9.17) is 0 Å². The Bertz CT molecular complexity index is 446. The minimum absolute atomic E-state index is 0.00525. The molecule has 110 valence electrons. The van der Waals surface area contributed by atoms with Crippen molar-refractivity contribution in [3.05, 3.63) is 35.6 Å². The van der Waals surface area contributed by atoms with Crippen molar-refractivity contribution in [1.82, 2.24) is 10.2 Å². The highest BCUT2D eigenvalue weighted by Crippen LogP contribution is 2.25. The Morgan fingerprint density at radius 2 is 2.10 bits per heavy atom. The Morgan fingerprint density at radius 3 is 2.75 bits per heavy atom. The van der Waals surface area contributed by atoms with Gasteiger partial charge in [0.2, 0.25) is 5.91 Å². The van der Waals surface area contributed by atoms with E-state index in [9.17, 15) is 9.18 Å². The van der Waals surface area contributed by atoms with E-state index in [1.54, 1.807) is 12.1 Å². The maximum Gasteiger partial charge on any atom is 0.240 e. The largest absolute Gasteiger partial charge is 0.335 e. The average Bonchev–Trinajstić information content (AvgIpc) is 2.46. The molecule has 1 heterocycles. The third-order valence-corrected chi connectivity index (χ3v) is 3.93. The molecule has 0 radical (unpaired) electrons. The third-order valence-electron chi connectivity index (χ3n) is 3.93. The van der Waals surface area contributed by atoms with Crippen molar-refractivity contribution >= 4 is 5.91 Å². The van der Waals surface area contributed by atoms with Crippen LogP contribution >= 0.6 is 0 Å². The Morgan fingerprint density at radius 1 is 1.40 bits per heavy atom. The van der Waals surface area contributed by atoms with Gasteiger partial charge in [-0.1, -0.05) is 19.1 Å². The van der Waals surface area contributed by atoms with Crippen LogP contribution in [0.1, 0.15) is 44.7 Å². The number of nitrogens with one attached hydrogen (secondary N) is 1. The monoisotopic (exact) mass is 278 g/mol. The number of hydrogen-bond donors (Lipinski definition) is 1. The molecular formula is C16H23FN2O. The van der Waals surface area contributed by atoms with E-state index in [1.807, 2.05) is 11.8 Å². The fourth-order valence-electron chi connectivity index (χ4n) is 2.71. The van der Waals surface area contributed by atoms with E-state index in [1.165, 1.54) is 12.1 Å². The molecule has 0 bridgehead atoms. The van der Waals surface area contributed by atoms with Gasteiger partial charge in [-0.05, 0) is 50.4 Å². The van der Waals surface area contributed by atoms with Crippen LogP contribution in [0.4, 0.5) is 4.39 Å². The van der Waals surface area contributed by atoms with E-state index < -0.39 is 0 Å². The lowest BCUT2D eigenvalue weighted by Crippen LogP contribution is -2.51. The van der Waals surface area contributed by atoms with Gasteiger partial charge in [0.15, 0.2) is 0 Å². The highest BCUT2D eigenvalue weighted by atomic mass is 19.1. The van der Waals surface area contributed by atoms with Crippen LogP contribution in [0.2, 0.25) is 0 Å². The van der Waals surface area contributed by atoms with Crippen molar-refractivity contribution < 1.29 is 9.18 Å². The molecule has 2 unspecified atom stereocenters. The normalized spacial score (nSPS) is 21.1. The van der Waals surface area contributed by atoms with Crippen LogP contribution < -0.4 is 5.32 Å². The smallest absolute Gasteiger partial charge is 0.240 e. The van der Waals surface area contributed by atoms with Gasteiger partial charge in [0, 0.05) is 6.54 Å². The first kappa shape index (κ1) is 15.0. The van der Waals surface area contributed by atoms with Crippen molar-refractivity contribution in [1.29, 1.82) is 0 Å². The predicted molar refractivity (Wildman–Crippen MR) is 77.8 cm³/mol. The zero-order valence-electron chi connectivity index (χ0n) is 12.2. The van der Waals surface area contributed by atoms with E-state index in [0.717, 1.165) is 37.9 Å². The number of benzene rings is 1. The molecule has 1 amide bonds. The van der Waals surface area contributed by atoms with Crippen LogP contribution in [0.15, 0.2) is 24.3 Å². The lowest BCUT2D eigenvalue weighted by Gasteiger charge is -2.37. The summed E-state index contributed by atoms with van der Waals surface area (Å²) in [4.78, 5) is 14.4. The van der Waals surface area contributed by atoms with Gasteiger partial charge >= 0.3 is 0 Å². The molecule has 1 aromatic carbocycles. The number of likely N-dealkylation sites (tertiary alicyclic amines) is 1. The maximum absolute atomic E-state index is 13.0. The number of rotatable bonds is 5. The molecule has 0 spiro atoms. The van der Waals surface area contributed by atoms with Crippen molar-refractivity contribution in [2.45, 2.75) is 45.2 Å². The summed E-state index contributed by atoms with van der Waals surface area (Å²) in [6.07, 6.45) is 2.95. The standard InChI is InChI=1S/C16H23FN2O/c1-3-10-18-15-5-4-11-19(16(15)20)12(2)13-6-8-14(17)9-7-13/h6-9,12,15,18H,3-5,10-11H2,1-2H3. The molecule has 1 aromatic rings. The molecule has 0 aliphatic carbocycles. The topological polar surface area (TPSA) is 32.3 Å². The van der Waals surface area contributed by atoms with Gasteiger partial charge in [-0.15, -0.1) is 0 Å². The van der Waals surface area contributed by atoms with Crippen LogP contribution in [0.3, 0.4) is 0 Å². The molecule has 3 nitrogen and oxygen atoms in total. The first-order chi connectivity index (χ1) is 9.63. The Kier molecular flexibility index (Phi) is 5.12. The van der Waals surface area contributed by atoms with Crippen LogP contribution in [0, 0.1) is 5.82 Å². The fraction of sp³-hybridized carbons (Fsp3) is 0.562. The summed E-state index contributed by atoms with van der Waals surface area (Å²) < 4.78 is 13.0. The SMILES string of the molecule is CCCNC1CCCN(C(C)c2ccc(F)cc2)C1=O. The summed E-state index contributed by atoms with van der Waals surface area (Å²) in [6.45, 7) is 5.75. The van der Waals surface area contributed by atoms with Gasteiger partial charge in [-0.3, -0.25) is 4.79 Å². The van der Waals surface area contributed by atoms with Gasteiger partial charge in [-0.2, -0.15) is 0 Å². The molecule has 1 N–H and O–H groups in total. The van der Waals surface area contributed by atoms with Gasteiger partial charge in [-0.25, -0.2) is 4.39 Å². The lowest BCUT2D eigenvalue weighted by molar-refractivity contribution is -0.138. The number of amides is 1. The zero-order valence-corrected chi connectivity index (χ0v) is 12.2. The quantitative estimate of drug-likeness (QED) is 0.898. The van der Waals surface area contributed by atoms with Gasteiger partial charge in [0.25, 0.3) is 0 Å². The second kappa shape index (κ2) is 6.84. The van der Waals surface area contributed by atoms with E-state index in [0.29, 0.717) is 0 Å². The Balaban J connectivity index is 2.06. The number of piperidine rings is 1. The number of hydrogen-bond acceptors (Lipinski definition) is 2. The second-order valence-electron chi connectivity index (χ2n) is 5.41. The summed E-state index contributed by atoms with van der Waals surface area (Å²) in [5, 5.41) is 3.32. The Labute approximate surface area is 120 Å². The van der Waals surface area contributed by atoms with E-state index >= 15 is 0 Å². The van der Waals surface area contributed by atoms with Crippen LogP contribution in [-0.4, -0.2) is 29.9 Å². The zero-order chi connectivity index (χ0) is 14.5. The number of carbonyl (C=O) groups excluding carboxylic acids is 1. The molecule has 0 saturated carbocycles. The molecule has 4 heteroatoms. The fourth-order valence-corrected chi connectivity index (χ4v) is 2.71. The molecule has 20 heavy (non-hydrogen) atoms. The second-order valence-corrected chi connectivity index (χ2v) is 5.41. The van der Waals surface area contributed by atoms with Crippen molar-refractivity contribution in [2.24, 2.45) is 0 Å². The molecule has 0 aromatic heterocycles. The van der Waals surface area contributed by atoms with Crippen molar-refractivity contribution in [2.75, 3.05) is 13.1 Å². The first-order valence-electron chi connectivity index (χ1n) is 7.42. The highest BCUT2D eigenvalue weighted by molar-refractivity contribution is 5.83. The van der Waals surface area contributed by atoms with E-state index in [2.05, 4.69) is 12.2 Å². The summed E-state index contributed by atoms with van der Waals surface area (Å²) in [5.74, 6) is -0.0741. The van der Waals surface area contributed by atoms with Crippen LogP contribution in [0.25, 0.3) is 0 Å². The summed E-state index contributed by atoms with van der Waals surface area (Å²) in [6, 6.07) is 6.35. The summed E-state index contributed by atoms with van der Waals surface area (Å²) in [5.41, 5.74) is 0.982. The van der Waals surface area contributed by atoms with Crippen LogP contribution in [-0.2, 0) is 4.79 Å². The molecular weight excluding hydrogens is 255 g/mol. The average molecular weight is 278 g/mol. The minimum atomic E-state index is -0.242. The van der Waals surface area contributed by atoms with Gasteiger partial charge in [0.1, 0.15) is 5.82 Å². The predicted octanol–water partition coefficient (Wildman–Crippen LogP) is 2.88. The number of carbonyl (C=O) groups is 1. The van der Waals surface area contributed by atoms with E-state index in [-0.39, 0.29) is 23.8 Å². The third kappa shape index (κ3) is 3.37. The van der Waals surface area contributed by atoms with Gasteiger partial charge < -0.3 is 10.2 Å². The molecule has 1 aliphatic heterocycles. The molecule has 1 fully saturated rings. The van der Waals surface area contributed by atoms with Crippen LogP contribution in [0.5, 0.6) is 0 Å². The van der Waals surface area contributed by atoms with Crippen molar-refractivity contribution in [3.63, 3.8) is 0 Å². The highest BCUT2D eigenvalue weighted by Gasteiger charge is 2.31. The Hall–Kier alpha value is -1.42. The van der Waals surface area contributed by atoms with Gasteiger partial charge in [0.05, 0.1) is 12.1 Å².